The third-order valence-electron chi connectivity index (χ3n) is 5.02. The molecule has 2 aliphatic heterocycles. The molecule has 1 spiro atoms. The fourth-order valence-corrected chi connectivity index (χ4v) is 4.01. The summed E-state index contributed by atoms with van der Waals surface area (Å²) in [6.45, 7) is 2.77. The van der Waals surface area contributed by atoms with E-state index in [1.807, 2.05) is 6.07 Å². The van der Waals surface area contributed by atoms with Crippen LogP contribution in [-0.4, -0.2) is 31.6 Å². The largest absolute Gasteiger partial charge is 0.399 e. The number of hydrogen-bond acceptors (Lipinski definition) is 4. The maximum absolute atomic E-state index is 6.26. The lowest BCUT2D eigenvalue weighted by Crippen LogP contribution is -2.38. The van der Waals surface area contributed by atoms with Crippen molar-refractivity contribution in [1.29, 1.82) is 0 Å². The summed E-state index contributed by atoms with van der Waals surface area (Å²) >= 11 is 0. The van der Waals surface area contributed by atoms with Gasteiger partial charge in [0.1, 0.15) is 6.10 Å². The molecule has 21 heavy (non-hydrogen) atoms. The summed E-state index contributed by atoms with van der Waals surface area (Å²) in [5, 5.41) is 0. The van der Waals surface area contributed by atoms with Crippen LogP contribution in [0.15, 0.2) is 18.2 Å². The number of nitrogens with two attached hydrogens (primary N) is 1. The van der Waals surface area contributed by atoms with E-state index in [0.717, 1.165) is 44.6 Å². The second-order valence-electron chi connectivity index (χ2n) is 6.61. The van der Waals surface area contributed by atoms with Crippen molar-refractivity contribution in [3.05, 3.63) is 23.8 Å². The van der Waals surface area contributed by atoms with Gasteiger partial charge in [-0.05, 0) is 49.4 Å². The van der Waals surface area contributed by atoms with Crippen LogP contribution in [0, 0.1) is 0 Å². The van der Waals surface area contributed by atoms with Gasteiger partial charge in [0.05, 0.1) is 6.61 Å². The molecule has 1 aromatic rings. The molecular formula is C17H24N2O2. The average Bonchev–Trinajstić information content (AvgIpc) is 3.09. The number of benzene rings is 1. The van der Waals surface area contributed by atoms with Crippen LogP contribution < -0.4 is 10.6 Å². The van der Waals surface area contributed by atoms with Gasteiger partial charge in [0.2, 0.25) is 0 Å². The first-order valence-electron chi connectivity index (χ1n) is 8.19. The number of fused-ring (bicyclic) bond motifs is 1. The smallest absolute Gasteiger partial charge is 0.168 e. The van der Waals surface area contributed by atoms with Crippen LogP contribution in [0.2, 0.25) is 0 Å². The fourth-order valence-electron chi connectivity index (χ4n) is 4.01. The average molecular weight is 288 g/mol. The highest BCUT2D eigenvalue weighted by Gasteiger charge is 2.44. The van der Waals surface area contributed by atoms with Crippen LogP contribution in [0.25, 0.3) is 0 Å². The molecule has 4 rings (SSSR count). The molecule has 0 bridgehead atoms. The summed E-state index contributed by atoms with van der Waals surface area (Å²) in [5.41, 5.74) is 9.46. The molecule has 0 radical (unpaired) electrons. The number of ether oxygens (including phenoxy) is 2. The zero-order chi connectivity index (χ0) is 14.3. The summed E-state index contributed by atoms with van der Waals surface area (Å²) < 4.78 is 12.3. The van der Waals surface area contributed by atoms with Crippen molar-refractivity contribution in [3.63, 3.8) is 0 Å². The number of rotatable bonds is 2. The Morgan fingerprint density at radius 3 is 2.95 bits per heavy atom. The molecule has 4 nitrogen and oxygen atoms in total. The maximum atomic E-state index is 6.26. The second kappa shape index (κ2) is 5.18. The van der Waals surface area contributed by atoms with Gasteiger partial charge in [-0.3, -0.25) is 0 Å². The highest BCUT2D eigenvalue weighted by molar-refractivity contribution is 5.61. The molecule has 1 unspecified atom stereocenters. The number of anilines is 2. The van der Waals surface area contributed by atoms with E-state index < -0.39 is 0 Å². The molecule has 0 aromatic heterocycles. The molecule has 0 amide bonds. The van der Waals surface area contributed by atoms with E-state index in [0.29, 0.717) is 0 Å². The topological polar surface area (TPSA) is 47.7 Å². The zero-order valence-corrected chi connectivity index (χ0v) is 12.5. The highest BCUT2D eigenvalue weighted by atomic mass is 16.7. The lowest BCUT2D eigenvalue weighted by molar-refractivity contribution is -0.160. The Bertz CT molecular complexity index is 526. The van der Waals surface area contributed by atoms with E-state index in [1.165, 1.54) is 30.5 Å². The van der Waals surface area contributed by atoms with Crippen molar-refractivity contribution in [1.82, 2.24) is 0 Å². The Balaban J connectivity index is 1.47. The van der Waals surface area contributed by atoms with Crippen molar-refractivity contribution >= 4 is 11.4 Å². The number of aryl methyl sites for hydroxylation is 1. The van der Waals surface area contributed by atoms with Crippen molar-refractivity contribution in [3.8, 4) is 0 Å². The molecule has 2 fully saturated rings. The molecule has 1 saturated heterocycles. The summed E-state index contributed by atoms with van der Waals surface area (Å²) in [7, 11) is 0. The Kier molecular flexibility index (Phi) is 3.31. The molecule has 1 saturated carbocycles. The summed E-state index contributed by atoms with van der Waals surface area (Å²) in [5.74, 6) is -0.246. The molecule has 1 aromatic carbocycles. The minimum Gasteiger partial charge on any atom is -0.399 e. The van der Waals surface area contributed by atoms with Gasteiger partial charge in [-0.15, -0.1) is 0 Å². The van der Waals surface area contributed by atoms with Crippen LogP contribution >= 0.6 is 0 Å². The van der Waals surface area contributed by atoms with Crippen LogP contribution in [0.1, 0.15) is 37.7 Å². The molecule has 2 N–H and O–H groups in total. The molecule has 4 heteroatoms. The van der Waals surface area contributed by atoms with Crippen LogP contribution in [-0.2, 0) is 15.9 Å². The lowest BCUT2D eigenvalue weighted by atomic mass is 10.0. The summed E-state index contributed by atoms with van der Waals surface area (Å²) in [6.07, 6.45) is 7.12. The minimum atomic E-state index is -0.246. The van der Waals surface area contributed by atoms with Crippen molar-refractivity contribution in [2.24, 2.45) is 0 Å². The van der Waals surface area contributed by atoms with Gasteiger partial charge in [-0.25, -0.2) is 0 Å². The minimum absolute atomic E-state index is 0.201. The van der Waals surface area contributed by atoms with Gasteiger partial charge in [0.25, 0.3) is 0 Å². The van der Waals surface area contributed by atoms with Gasteiger partial charge in [0, 0.05) is 37.3 Å². The Morgan fingerprint density at radius 2 is 2.10 bits per heavy atom. The molecule has 3 aliphatic rings. The predicted molar refractivity (Wildman–Crippen MR) is 83.4 cm³/mol. The van der Waals surface area contributed by atoms with Gasteiger partial charge in [-0.2, -0.15) is 0 Å². The first-order chi connectivity index (χ1) is 10.2. The summed E-state index contributed by atoms with van der Waals surface area (Å²) in [6, 6.07) is 6.28. The van der Waals surface area contributed by atoms with Gasteiger partial charge < -0.3 is 20.1 Å². The Hall–Kier alpha value is -1.26. The van der Waals surface area contributed by atoms with Crippen molar-refractivity contribution in [2.45, 2.75) is 50.4 Å². The lowest BCUT2D eigenvalue weighted by Gasteiger charge is -2.33. The van der Waals surface area contributed by atoms with Crippen LogP contribution in [0.5, 0.6) is 0 Å². The predicted octanol–water partition coefficient (Wildman–Crippen LogP) is 2.71. The third-order valence-corrected chi connectivity index (χ3v) is 5.02. The monoisotopic (exact) mass is 288 g/mol. The molecule has 114 valence electrons. The van der Waals surface area contributed by atoms with E-state index in [1.54, 1.807) is 0 Å². The highest BCUT2D eigenvalue weighted by Crippen LogP contribution is 2.40. The van der Waals surface area contributed by atoms with Crippen molar-refractivity contribution in [2.75, 3.05) is 30.3 Å². The molecule has 1 aliphatic carbocycles. The summed E-state index contributed by atoms with van der Waals surface area (Å²) in [4.78, 5) is 2.44. The van der Waals surface area contributed by atoms with E-state index in [2.05, 4.69) is 17.0 Å². The zero-order valence-electron chi connectivity index (χ0n) is 12.5. The fraction of sp³-hybridized carbons (Fsp3) is 0.647. The van der Waals surface area contributed by atoms with E-state index in [9.17, 15) is 0 Å². The van der Waals surface area contributed by atoms with E-state index in [-0.39, 0.29) is 11.9 Å². The van der Waals surface area contributed by atoms with Gasteiger partial charge in [0.15, 0.2) is 5.79 Å². The first-order valence-corrected chi connectivity index (χ1v) is 8.19. The number of hydrogen-bond donors (Lipinski definition) is 1. The maximum Gasteiger partial charge on any atom is 0.168 e. The van der Waals surface area contributed by atoms with E-state index in [4.69, 9.17) is 15.2 Å². The normalized spacial score (nSPS) is 27.2. The third kappa shape index (κ3) is 2.51. The number of nitrogens with zero attached hydrogens (tertiary/aromatic N) is 1. The standard InChI is InChI=1S/C17H24N2O2/c18-14-5-6-16-13(10-14)4-3-9-19(16)11-15-12-20-17(21-15)7-1-2-8-17/h5-6,10,15H,1-4,7-9,11-12,18H2. The molecule has 2 heterocycles. The van der Waals surface area contributed by atoms with Crippen LogP contribution in [0.4, 0.5) is 11.4 Å². The van der Waals surface area contributed by atoms with E-state index >= 15 is 0 Å². The Labute approximate surface area is 126 Å². The van der Waals surface area contributed by atoms with Gasteiger partial charge >= 0.3 is 0 Å². The second-order valence-corrected chi connectivity index (χ2v) is 6.61. The Morgan fingerprint density at radius 1 is 1.24 bits per heavy atom. The first kappa shape index (κ1) is 13.4. The molecular weight excluding hydrogens is 264 g/mol. The molecule has 1 atom stereocenters. The number of nitrogen functional groups attached to an aromatic ring is 1. The van der Waals surface area contributed by atoms with Crippen LogP contribution in [0.3, 0.4) is 0 Å². The SMILES string of the molecule is Nc1ccc2c(c1)CCCN2CC1COC2(CCCC2)O1. The quantitative estimate of drug-likeness (QED) is 0.850. The van der Waals surface area contributed by atoms with Crippen molar-refractivity contribution < 1.29 is 9.47 Å². The van der Waals surface area contributed by atoms with Gasteiger partial charge in [-0.1, -0.05) is 0 Å².